The number of rotatable bonds is 8. The van der Waals surface area contributed by atoms with Crippen LogP contribution in [-0.4, -0.2) is 38.2 Å². The fourth-order valence-corrected chi connectivity index (χ4v) is 3.12. The van der Waals surface area contributed by atoms with Crippen molar-refractivity contribution in [3.8, 4) is 0 Å². The molecule has 2 aromatic rings. The maximum absolute atomic E-state index is 13.6. The first kappa shape index (κ1) is 22.4. The summed E-state index contributed by atoms with van der Waals surface area (Å²) in [6.45, 7) is 1.56. The number of aryl methyl sites for hydroxylation is 1. The molecule has 0 bridgehead atoms. The lowest BCUT2D eigenvalue weighted by atomic mass is 10.1. The lowest BCUT2D eigenvalue weighted by molar-refractivity contribution is -0.134. The van der Waals surface area contributed by atoms with Gasteiger partial charge in [0.2, 0.25) is 21.8 Å². The van der Waals surface area contributed by atoms with E-state index in [4.69, 9.17) is 5.14 Å². The van der Waals surface area contributed by atoms with E-state index in [1.54, 1.807) is 19.1 Å². The lowest BCUT2D eigenvalue weighted by Crippen LogP contribution is -2.38. The van der Waals surface area contributed by atoms with Crippen LogP contribution in [0.3, 0.4) is 0 Å². The molecule has 0 spiro atoms. The summed E-state index contributed by atoms with van der Waals surface area (Å²) in [7, 11) is -3.79. The Bertz CT molecular complexity index is 975. The number of nitrogens with zero attached hydrogens (tertiary/aromatic N) is 1. The molecular weight excluding hydrogens is 404 g/mol. The zero-order chi connectivity index (χ0) is 21.6. The number of benzene rings is 2. The van der Waals surface area contributed by atoms with Crippen LogP contribution in [0.15, 0.2) is 47.4 Å². The molecule has 10 heteroatoms. The largest absolute Gasteiger partial charge is 0.334 e. The maximum Gasteiger partial charge on any atom is 0.244 e. The molecule has 0 aliphatic rings. The normalized spacial score (nSPS) is 11.2. The van der Waals surface area contributed by atoms with Crippen LogP contribution in [0.4, 0.5) is 14.5 Å². The highest BCUT2D eigenvalue weighted by molar-refractivity contribution is 7.89. The number of carbonyl (C=O) groups excluding carboxylic acids is 2. The topological polar surface area (TPSA) is 110 Å². The van der Waals surface area contributed by atoms with Gasteiger partial charge in [0.05, 0.1) is 11.4 Å². The van der Waals surface area contributed by atoms with Crippen LogP contribution in [0.1, 0.15) is 18.9 Å². The van der Waals surface area contributed by atoms with E-state index >= 15 is 0 Å². The van der Waals surface area contributed by atoms with Gasteiger partial charge in [-0.05, 0) is 43.2 Å². The van der Waals surface area contributed by atoms with Crippen LogP contribution in [0.5, 0.6) is 0 Å². The molecular formula is C19H21F2N3O4S. The van der Waals surface area contributed by atoms with E-state index in [1.807, 2.05) is 0 Å². The molecule has 0 heterocycles. The first-order chi connectivity index (χ1) is 13.6. The van der Waals surface area contributed by atoms with E-state index in [-0.39, 0.29) is 30.3 Å². The van der Waals surface area contributed by atoms with Crippen LogP contribution in [0.2, 0.25) is 0 Å². The van der Waals surface area contributed by atoms with Crippen molar-refractivity contribution < 1.29 is 26.8 Å². The zero-order valence-corrected chi connectivity index (χ0v) is 16.5. The van der Waals surface area contributed by atoms with E-state index in [9.17, 15) is 26.8 Å². The molecule has 0 atom stereocenters. The van der Waals surface area contributed by atoms with Crippen molar-refractivity contribution in [1.29, 1.82) is 0 Å². The van der Waals surface area contributed by atoms with Gasteiger partial charge in [-0.1, -0.05) is 18.2 Å². The molecule has 2 aromatic carbocycles. The van der Waals surface area contributed by atoms with Crippen LogP contribution < -0.4 is 10.5 Å². The highest BCUT2D eigenvalue weighted by Gasteiger charge is 2.18. The van der Waals surface area contributed by atoms with Crippen molar-refractivity contribution in [2.75, 3.05) is 18.4 Å². The molecule has 29 heavy (non-hydrogen) atoms. The molecule has 0 fully saturated rings. The fraction of sp³-hybridized carbons (Fsp3) is 0.263. The van der Waals surface area contributed by atoms with Crippen molar-refractivity contribution in [3.05, 3.63) is 59.7 Å². The molecule has 156 valence electrons. The standard InChI is InChI=1S/C19H21F2N3O4S/c1-2-24(12-17(25)23-19-15(20)4-3-5-16(19)21)18(26)11-8-13-6-9-14(10-7-13)29(22,27)28/h3-7,9-10H,2,8,11-12H2,1H3,(H,23,25)(H2,22,27,28). The highest BCUT2D eigenvalue weighted by Crippen LogP contribution is 2.18. The molecule has 0 saturated carbocycles. The molecule has 0 unspecified atom stereocenters. The van der Waals surface area contributed by atoms with Gasteiger partial charge in [0, 0.05) is 13.0 Å². The van der Waals surface area contributed by atoms with Crippen LogP contribution >= 0.6 is 0 Å². The second-order valence-corrected chi connectivity index (χ2v) is 7.80. The van der Waals surface area contributed by atoms with Crippen molar-refractivity contribution in [1.82, 2.24) is 4.90 Å². The molecule has 2 rings (SSSR count). The minimum atomic E-state index is -3.79. The third-order valence-electron chi connectivity index (χ3n) is 4.18. The zero-order valence-electron chi connectivity index (χ0n) is 15.7. The van der Waals surface area contributed by atoms with E-state index in [2.05, 4.69) is 5.32 Å². The van der Waals surface area contributed by atoms with Gasteiger partial charge >= 0.3 is 0 Å². The van der Waals surface area contributed by atoms with Gasteiger partial charge in [-0.25, -0.2) is 22.3 Å². The molecule has 7 nitrogen and oxygen atoms in total. The number of amides is 2. The maximum atomic E-state index is 13.6. The second-order valence-electron chi connectivity index (χ2n) is 6.24. The van der Waals surface area contributed by atoms with Crippen molar-refractivity contribution >= 4 is 27.5 Å². The number of halogens is 2. The van der Waals surface area contributed by atoms with Gasteiger partial charge in [0.25, 0.3) is 0 Å². The number of hydrogen-bond acceptors (Lipinski definition) is 4. The number of primary sulfonamides is 1. The minimum Gasteiger partial charge on any atom is -0.334 e. The Hall–Kier alpha value is -2.85. The van der Waals surface area contributed by atoms with Crippen LogP contribution in [-0.2, 0) is 26.0 Å². The van der Waals surface area contributed by atoms with Crippen LogP contribution in [0, 0.1) is 11.6 Å². The molecule has 2 amide bonds. The predicted octanol–water partition coefficient (Wildman–Crippen LogP) is 2.03. The minimum absolute atomic E-state index is 0.0280. The van der Waals surface area contributed by atoms with Gasteiger partial charge < -0.3 is 10.2 Å². The SMILES string of the molecule is CCN(CC(=O)Nc1c(F)cccc1F)C(=O)CCc1ccc(S(N)(=O)=O)cc1. The predicted molar refractivity (Wildman–Crippen MR) is 103 cm³/mol. The molecule has 0 radical (unpaired) electrons. The number of anilines is 1. The van der Waals surface area contributed by atoms with Crippen molar-refractivity contribution in [2.24, 2.45) is 5.14 Å². The molecule has 0 saturated heterocycles. The summed E-state index contributed by atoms with van der Waals surface area (Å²) >= 11 is 0. The molecule has 0 aromatic heterocycles. The van der Waals surface area contributed by atoms with Gasteiger partial charge in [-0.2, -0.15) is 0 Å². The Morgan fingerprint density at radius 3 is 2.17 bits per heavy atom. The first-order valence-corrected chi connectivity index (χ1v) is 10.3. The quantitative estimate of drug-likeness (QED) is 0.674. The number of para-hydroxylation sites is 1. The number of hydrogen-bond donors (Lipinski definition) is 2. The van der Waals surface area contributed by atoms with E-state index < -0.39 is 33.3 Å². The van der Waals surface area contributed by atoms with Gasteiger partial charge in [0.1, 0.15) is 17.3 Å². The summed E-state index contributed by atoms with van der Waals surface area (Å²) in [4.78, 5) is 25.7. The van der Waals surface area contributed by atoms with E-state index in [0.29, 0.717) is 6.42 Å². The second kappa shape index (κ2) is 9.57. The Morgan fingerprint density at radius 2 is 1.66 bits per heavy atom. The number of carbonyl (C=O) groups is 2. The summed E-state index contributed by atoms with van der Waals surface area (Å²) in [5.41, 5.74) is 0.163. The summed E-state index contributed by atoms with van der Waals surface area (Å²) in [6.07, 6.45) is 0.397. The van der Waals surface area contributed by atoms with E-state index in [1.165, 1.54) is 23.1 Å². The molecule has 0 aliphatic heterocycles. The lowest BCUT2D eigenvalue weighted by Gasteiger charge is -2.20. The summed E-state index contributed by atoms with van der Waals surface area (Å²) in [5.74, 6) is -2.86. The smallest absolute Gasteiger partial charge is 0.244 e. The number of sulfonamides is 1. The average molecular weight is 425 g/mol. The van der Waals surface area contributed by atoms with Crippen molar-refractivity contribution in [3.63, 3.8) is 0 Å². The van der Waals surface area contributed by atoms with Gasteiger partial charge in [-0.3, -0.25) is 9.59 Å². The summed E-state index contributed by atoms with van der Waals surface area (Å²) in [5, 5.41) is 7.17. The van der Waals surface area contributed by atoms with Crippen molar-refractivity contribution in [2.45, 2.75) is 24.7 Å². The Kier molecular flexibility index (Phi) is 7.40. The number of likely N-dealkylation sites (N-methyl/N-ethyl adjacent to an activating group) is 1. The number of nitrogens with two attached hydrogens (primary N) is 1. The third-order valence-corrected chi connectivity index (χ3v) is 5.10. The fourth-order valence-electron chi connectivity index (χ4n) is 2.60. The van der Waals surface area contributed by atoms with Gasteiger partial charge in [-0.15, -0.1) is 0 Å². The van der Waals surface area contributed by atoms with Gasteiger partial charge in [0.15, 0.2) is 0 Å². The van der Waals surface area contributed by atoms with Crippen LogP contribution in [0.25, 0.3) is 0 Å². The monoisotopic (exact) mass is 425 g/mol. The number of nitrogens with one attached hydrogen (secondary N) is 1. The average Bonchev–Trinajstić information content (AvgIpc) is 2.67. The Labute approximate surface area is 167 Å². The van der Waals surface area contributed by atoms with E-state index in [0.717, 1.165) is 17.7 Å². The Morgan fingerprint density at radius 1 is 1.07 bits per heavy atom. The summed E-state index contributed by atoms with van der Waals surface area (Å²) < 4.78 is 49.7. The third kappa shape index (κ3) is 6.33. The first-order valence-electron chi connectivity index (χ1n) is 8.75. The molecule has 3 N–H and O–H groups in total. The molecule has 0 aliphatic carbocycles. The highest BCUT2D eigenvalue weighted by atomic mass is 32.2. The Balaban J connectivity index is 1.93. The summed E-state index contributed by atoms with van der Waals surface area (Å²) in [6, 6.07) is 9.02.